The van der Waals surface area contributed by atoms with E-state index in [-0.39, 0.29) is 11.9 Å². The maximum atomic E-state index is 11.1. The number of fused-ring (bicyclic) bond motifs is 4. The number of carbonyl (C=O) groups excluding carboxylic acids is 1. The molecule has 0 aromatic carbocycles. The van der Waals surface area contributed by atoms with Crippen LogP contribution in [0.15, 0.2) is 0 Å². The first-order valence-electron chi connectivity index (χ1n) is 4.12. The second-order valence-corrected chi connectivity index (χ2v) is 3.68. The molecule has 2 aliphatic heterocycles. The molecule has 3 rings (SSSR count). The predicted molar refractivity (Wildman–Crippen MR) is 35.7 cm³/mol. The Morgan fingerprint density at radius 3 is 2.73 bits per heavy atom. The van der Waals surface area contributed by atoms with Crippen molar-refractivity contribution < 1.29 is 14.3 Å². The standard InChI is InChI=1S/C8H10O3/c9-8-7-5-2-10-1-4(5)6(7)3-11-8/h4-7H,1-3H2/t4-,5+,6+,7-/m0/s1. The molecule has 60 valence electrons. The van der Waals surface area contributed by atoms with Crippen molar-refractivity contribution in [2.45, 2.75) is 0 Å². The van der Waals surface area contributed by atoms with E-state index >= 15 is 0 Å². The molecule has 0 bridgehead atoms. The highest BCUT2D eigenvalue weighted by atomic mass is 16.5. The van der Waals surface area contributed by atoms with E-state index < -0.39 is 0 Å². The Bertz CT molecular complexity index is 207. The second-order valence-electron chi connectivity index (χ2n) is 3.68. The van der Waals surface area contributed by atoms with Crippen LogP contribution in [0.1, 0.15) is 0 Å². The Hall–Kier alpha value is -0.570. The molecule has 0 unspecified atom stereocenters. The van der Waals surface area contributed by atoms with Gasteiger partial charge in [-0.3, -0.25) is 4.79 Å². The van der Waals surface area contributed by atoms with Gasteiger partial charge in [0, 0.05) is 11.8 Å². The molecule has 0 radical (unpaired) electrons. The van der Waals surface area contributed by atoms with Gasteiger partial charge in [-0.1, -0.05) is 0 Å². The quantitative estimate of drug-likeness (QED) is 0.462. The van der Waals surface area contributed by atoms with Crippen LogP contribution in [-0.4, -0.2) is 25.8 Å². The third kappa shape index (κ3) is 0.562. The molecule has 3 heteroatoms. The van der Waals surface area contributed by atoms with Gasteiger partial charge in [-0.05, 0) is 5.92 Å². The summed E-state index contributed by atoms with van der Waals surface area (Å²) in [6, 6.07) is 0. The van der Waals surface area contributed by atoms with E-state index in [2.05, 4.69) is 0 Å². The zero-order valence-corrected chi connectivity index (χ0v) is 6.16. The second kappa shape index (κ2) is 1.78. The third-order valence-electron chi connectivity index (χ3n) is 3.33. The minimum absolute atomic E-state index is 0.0155. The molecule has 11 heavy (non-hydrogen) atoms. The predicted octanol–water partition coefficient (Wildman–Crippen LogP) is 0.0518. The van der Waals surface area contributed by atoms with Gasteiger partial charge in [-0.15, -0.1) is 0 Å². The number of hydrogen-bond acceptors (Lipinski definition) is 3. The van der Waals surface area contributed by atoms with Crippen LogP contribution >= 0.6 is 0 Å². The average molecular weight is 154 g/mol. The Balaban J connectivity index is 1.89. The summed E-state index contributed by atoms with van der Waals surface area (Å²) in [6.45, 7) is 2.28. The lowest BCUT2D eigenvalue weighted by molar-refractivity contribution is -0.144. The topological polar surface area (TPSA) is 35.5 Å². The fourth-order valence-electron chi connectivity index (χ4n) is 2.69. The van der Waals surface area contributed by atoms with Crippen LogP contribution in [0, 0.1) is 23.7 Å². The Morgan fingerprint density at radius 2 is 1.82 bits per heavy atom. The van der Waals surface area contributed by atoms with Crippen LogP contribution in [0.5, 0.6) is 0 Å². The van der Waals surface area contributed by atoms with E-state index in [0.29, 0.717) is 24.4 Å². The van der Waals surface area contributed by atoms with Gasteiger partial charge in [-0.2, -0.15) is 0 Å². The molecular weight excluding hydrogens is 144 g/mol. The van der Waals surface area contributed by atoms with Crippen molar-refractivity contribution in [1.29, 1.82) is 0 Å². The molecule has 0 aromatic rings. The van der Waals surface area contributed by atoms with Crippen molar-refractivity contribution in [2.24, 2.45) is 23.7 Å². The Morgan fingerprint density at radius 1 is 1.09 bits per heavy atom. The number of hydrogen-bond donors (Lipinski definition) is 0. The highest BCUT2D eigenvalue weighted by Crippen LogP contribution is 2.53. The van der Waals surface area contributed by atoms with E-state index in [1.165, 1.54) is 0 Å². The van der Waals surface area contributed by atoms with Gasteiger partial charge in [0.25, 0.3) is 0 Å². The van der Waals surface area contributed by atoms with Crippen molar-refractivity contribution in [2.75, 3.05) is 19.8 Å². The zero-order chi connectivity index (χ0) is 7.42. The maximum Gasteiger partial charge on any atom is 0.309 e. The van der Waals surface area contributed by atoms with Crippen LogP contribution < -0.4 is 0 Å². The number of carbonyl (C=O) groups is 1. The molecule has 3 fully saturated rings. The molecule has 3 aliphatic rings. The van der Waals surface area contributed by atoms with Crippen molar-refractivity contribution in [3.8, 4) is 0 Å². The van der Waals surface area contributed by atoms with E-state index in [9.17, 15) is 4.79 Å². The van der Waals surface area contributed by atoms with E-state index in [0.717, 1.165) is 13.2 Å². The van der Waals surface area contributed by atoms with Gasteiger partial charge in [-0.25, -0.2) is 0 Å². The summed E-state index contributed by atoms with van der Waals surface area (Å²) in [6.07, 6.45) is 0. The number of ether oxygens (including phenoxy) is 2. The van der Waals surface area contributed by atoms with Crippen LogP contribution in [-0.2, 0) is 14.3 Å². The Labute approximate surface area is 64.7 Å². The van der Waals surface area contributed by atoms with Crippen molar-refractivity contribution in [3.63, 3.8) is 0 Å². The van der Waals surface area contributed by atoms with Gasteiger partial charge in [0.1, 0.15) is 0 Å². The molecule has 2 saturated heterocycles. The lowest BCUT2D eigenvalue weighted by Gasteiger charge is -2.39. The molecule has 0 spiro atoms. The average Bonchev–Trinajstić information content (AvgIpc) is 2.43. The van der Waals surface area contributed by atoms with E-state index in [4.69, 9.17) is 9.47 Å². The van der Waals surface area contributed by atoms with Crippen molar-refractivity contribution in [1.82, 2.24) is 0 Å². The summed E-state index contributed by atoms with van der Waals surface area (Å²) in [5.41, 5.74) is 0. The smallest absolute Gasteiger partial charge is 0.309 e. The molecule has 4 atom stereocenters. The van der Waals surface area contributed by atoms with Gasteiger partial charge < -0.3 is 9.47 Å². The number of esters is 1. The largest absolute Gasteiger partial charge is 0.465 e. The lowest BCUT2D eigenvalue weighted by Crippen LogP contribution is -2.46. The number of cyclic esters (lactones) is 1. The first-order valence-corrected chi connectivity index (χ1v) is 4.12. The molecule has 3 nitrogen and oxygen atoms in total. The highest BCUT2D eigenvalue weighted by Gasteiger charge is 2.60. The molecule has 0 aromatic heterocycles. The molecule has 0 amide bonds. The summed E-state index contributed by atoms with van der Waals surface area (Å²) in [7, 11) is 0. The minimum atomic E-state index is 0.0155. The normalized spacial score (nSPS) is 52.9. The molecule has 1 saturated carbocycles. The third-order valence-corrected chi connectivity index (χ3v) is 3.33. The van der Waals surface area contributed by atoms with Gasteiger partial charge in [0.2, 0.25) is 0 Å². The van der Waals surface area contributed by atoms with Crippen molar-refractivity contribution in [3.05, 3.63) is 0 Å². The summed E-state index contributed by atoms with van der Waals surface area (Å²) >= 11 is 0. The molecule has 0 N–H and O–H groups in total. The van der Waals surface area contributed by atoms with Crippen LogP contribution in [0.3, 0.4) is 0 Å². The molecular formula is C8H10O3. The molecule has 1 aliphatic carbocycles. The summed E-state index contributed by atoms with van der Waals surface area (Å²) in [5.74, 6) is 1.83. The zero-order valence-electron chi connectivity index (χ0n) is 6.16. The fourth-order valence-corrected chi connectivity index (χ4v) is 2.69. The van der Waals surface area contributed by atoms with Gasteiger partial charge in [0.05, 0.1) is 25.7 Å². The van der Waals surface area contributed by atoms with E-state index in [1.807, 2.05) is 0 Å². The number of rotatable bonds is 0. The summed E-state index contributed by atoms with van der Waals surface area (Å²) < 4.78 is 10.3. The minimum Gasteiger partial charge on any atom is -0.465 e. The summed E-state index contributed by atoms with van der Waals surface area (Å²) in [5, 5.41) is 0. The maximum absolute atomic E-state index is 11.1. The van der Waals surface area contributed by atoms with E-state index in [1.54, 1.807) is 0 Å². The van der Waals surface area contributed by atoms with Crippen LogP contribution in [0.25, 0.3) is 0 Å². The van der Waals surface area contributed by atoms with Crippen molar-refractivity contribution >= 4 is 5.97 Å². The van der Waals surface area contributed by atoms with Gasteiger partial charge in [0.15, 0.2) is 0 Å². The first-order chi connectivity index (χ1) is 5.38. The monoisotopic (exact) mass is 154 g/mol. The SMILES string of the molecule is O=C1OC[C@@H]2[C@H]3COC[C@H]3[C@H]12. The summed E-state index contributed by atoms with van der Waals surface area (Å²) in [4.78, 5) is 11.1. The van der Waals surface area contributed by atoms with Crippen LogP contribution in [0.4, 0.5) is 0 Å². The Kier molecular flexibility index (Phi) is 0.969. The lowest BCUT2D eigenvalue weighted by atomic mass is 9.60. The molecule has 2 heterocycles. The highest BCUT2D eigenvalue weighted by molar-refractivity contribution is 5.76. The van der Waals surface area contributed by atoms with Crippen LogP contribution in [0.2, 0.25) is 0 Å². The first kappa shape index (κ1) is 6.00. The van der Waals surface area contributed by atoms with Gasteiger partial charge >= 0.3 is 5.97 Å². The fraction of sp³-hybridized carbons (Fsp3) is 0.875.